The third-order valence-electron chi connectivity index (χ3n) is 1.89. The second-order valence-electron chi connectivity index (χ2n) is 2.94. The van der Waals surface area contributed by atoms with Crippen LogP contribution in [0.2, 0.25) is 0 Å². The number of nitrogens with zero attached hydrogens (tertiary/aromatic N) is 1. The first-order valence-corrected chi connectivity index (χ1v) is 4.10. The molecule has 1 amide bonds. The van der Waals surface area contributed by atoms with Crippen molar-refractivity contribution in [2.24, 2.45) is 16.8 Å². The van der Waals surface area contributed by atoms with E-state index in [1.165, 1.54) is 6.08 Å². The van der Waals surface area contributed by atoms with Crippen LogP contribution in [0, 0.1) is 5.92 Å². The second kappa shape index (κ2) is 3.89. The lowest BCUT2D eigenvalue weighted by atomic mass is 9.99. The van der Waals surface area contributed by atoms with Crippen molar-refractivity contribution in [1.82, 2.24) is 5.43 Å². The summed E-state index contributed by atoms with van der Waals surface area (Å²) in [6.45, 7) is 6.25. The summed E-state index contributed by atoms with van der Waals surface area (Å²) in [5.41, 5.74) is 9.17. The Morgan fingerprint density at radius 1 is 1.85 bits per heavy atom. The molecule has 0 aromatic heterocycles. The summed E-state index contributed by atoms with van der Waals surface area (Å²) in [7, 11) is 0. The molecule has 4 heteroatoms. The Kier molecular flexibility index (Phi) is 2.84. The van der Waals surface area contributed by atoms with Crippen molar-refractivity contribution in [2.45, 2.75) is 6.92 Å². The molecular formula is C9H13N3O. The molecule has 1 rings (SSSR count). The normalized spacial score (nSPS) is 22.1. The molecule has 0 aromatic rings. The molecular weight excluding hydrogens is 166 g/mol. The highest BCUT2D eigenvalue weighted by atomic mass is 16.1. The van der Waals surface area contributed by atoms with Crippen molar-refractivity contribution in [3.8, 4) is 0 Å². The van der Waals surface area contributed by atoms with Crippen LogP contribution >= 0.6 is 0 Å². The Labute approximate surface area is 77.2 Å². The number of primary amides is 1. The Morgan fingerprint density at radius 3 is 2.92 bits per heavy atom. The molecule has 1 aliphatic rings. The minimum atomic E-state index is -0.464. The van der Waals surface area contributed by atoms with E-state index in [1.807, 2.05) is 6.92 Å². The van der Waals surface area contributed by atoms with Gasteiger partial charge in [0.15, 0.2) is 0 Å². The van der Waals surface area contributed by atoms with Gasteiger partial charge in [0.1, 0.15) is 0 Å². The largest absolute Gasteiger partial charge is 0.366 e. The fourth-order valence-electron chi connectivity index (χ4n) is 1.21. The standard InChI is InChI=1S/C9H13N3O/c1-3-4-7(9(10)13)8-6(2)5-11-12-8/h3-4,6,11H,1,5H2,2H3,(H2,10,13)/b7-4+/t6-/m1/s1. The minimum Gasteiger partial charge on any atom is -0.366 e. The second-order valence-corrected chi connectivity index (χ2v) is 2.94. The summed E-state index contributed by atoms with van der Waals surface area (Å²) in [4.78, 5) is 11.0. The van der Waals surface area contributed by atoms with E-state index < -0.39 is 5.91 Å². The first kappa shape index (κ1) is 9.51. The van der Waals surface area contributed by atoms with Gasteiger partial charge in [0.25, 0.3) is 5.91 Å². The van der Waals surface area contributed by atoms with E-state index in [-0.39, 0.29) is 5.92 Å². The molecule has 0 spiro atoms. The van der Waals surface area contributed by atoms with Crippen molar-refractivity contribution < 1.29 is 4.79 Å². The number of allylic oxidation sites excluding steroid dienone is 2. The third-order valence-corrected chi connectivity index (χ3v) is 1.89. The summed E-state index contributed by atoms with van der Waals surface area (Å²) >= 11 is 0. The van der Waals surface area contributed by atoms with E-state index in [9.17, 15) is 4.79 Å². The van der Waals surface area contributed by atoms with Crippen LogP contribution in [-0.2, 0) is 4.79 Å². The van der Waals surface area contributed by atoms with Gasteiger partial charge in [0.05, 0.1) is 11.3 Å². The van der Waals surface area contributed by atoms with Gasteiger partial charge in [-0.25, -0.2) is 0 Å². The van der Waals surface area contributed by atoms with Crippen molar-refractivity contribution >= 4 is 11.6 Å². The zero-order valence-electron chi connectivity index (χ0n) is 7.58. The molecule has 70 valence electrons. The predicted octanol–water partition coefficient (Wildman–Crippen LogP) is 0.179. The lowest BCUT2D eigenvalue weighted by Gasteiger charge is -2.05. The van der Waals surface area contributed by atoms with Crippen LogP contribution < -0.4 is 11.2 Å². The van der Waals surface area contributed by atoms with E-state index in [4.69, 9.17) is 5.73 Å². The van der Waals surface area contributed by atoms with E-state index in [0.29, 0.717) is 11.3 Å². The van der Waals surface area contributed by atoms with Crippen LogP contribution in [0.15, 0.2) is 29.4 Å². The molecule has 1 atom stereocenters. The Hall–Kier alpha value is -1.58. The maximum absolute atomic E-state index is 11.0. The van der Waals surface area contributed by atoms with Crippen LogP contribution in [-0.4, -0.2) is 18.2 Å². The Balaban J connectivity index is 2.95. The van der Waals surface area contributed by atoms with Crippen molar-refractivity contribution in [3.05, 3.63) is 24.3 Å². The number of hydrazone groups is 1. The summed E-state index contributed by atoms with van der Waals surface area (Å²) in [6, 6.07) is 0. The molecule has 1 aliphatic heterocycles. The fourth-order valence-corrected chi connectivity index (χ4v) is 1.21. The van der Waals surface area contributed by atoms with Crippen molar-refractivity contribution in [1.29, 1.82) is 0 Å². The number of nitrogens with one attached hydrogen (secondary N) is 1. The van der Waals surface area contributed by atoms with Gasteiger partial charge in [-0.2, -0.15) is 5.10 Å². The highest BCUT2D eigenvalue weighted by Crippen LogP contribution is 2.12. The molecule has 1 heterocycles. The summed E-state index contributed by atoms with van der Waals surface area (Å²) in [5, 5.41) is 4.01. The molecule has 0 saturated heterocycles. The molecule has 0 fully saturated rings. The van der Waals surface area contributed by atoms with Crippen LogP contribution in [0.25, 0.3) is 0 Å². The van der Waals surface area contributed by atoms with Gasteiger partial charge >= 0.3 is 0 Å². The lowest BCUT2D eigenvalue weighted by molar-refractivity contribution is -0.114. The van der Waals surface area contributed by atoms with Gasteiger partial charge in [-0.1, -0.05) is 19.6 Å². The Morgan fingerprint density at radius 2 is 2.54 bits per heavy atom. The van der Waals surface area contributed by atoms with Crippen molar-refractivity contribution in [3.63, 3.8) is 0 Å². The van der Waals surface area contributed by atoms with Crippen molar-refractivity contribution in [2.75, 3.05) is 6.54 Å². The van der Waals surface area contributed by atoms with Gasteiger partial charge in [0.2, 0.25) is 0 Å². The maximum atomic E-state index is 11.0. The quantitative estimate of drug-likeness (QED) is 0.479. The van der Waals surface area contributed by atoms with Gasteiger partial charge < -0.3 is 11.2 Å². The molecule has 3 N–H and O–H groups in total. The minimum absolute atomic E-state index is 0.221. The lowest BCUT2D eigenvalue weighted by Crippen LogP contribution is -2.24. The number of rotatable bonds is 3. The summed E-state index contributed by atoms with van der Waals surface area (Å²) in [5.74, 6) is -0.243. The van der Waals surface area contributed by atoms with Gasteiger partial charge in [-0.3, -0.25) is 4.79 Å². The fraction of sp³-hybridized carbons (Fsp3) is 0.333. The number of amides is 1. The molecule has 0 bridgehead atoms. The van der Waals surface area contributed by atoms with Gasteiger partial charge in [-0.15, -0.1) is 0 Å². The van der Waals surface area contributed by atoms with E-state index in [2.05, 4.69) is 17.1 Å². The number of carbonyl (C=O) groups is 1. The molecule has 0 unspecified atom stereocenters. The van der Waals surface area contributed by atoms with Crippen LogP contribution in [0.1, 0.15) is 6.92 Å². The van der Waals surface area contributed by atoms with Gasteiger partial charge in [0, 0.05) is 12.5 Å². The average molecular weight is 179 g/mol. The van der Waals surface area contributed by atoms with Crippen LogP contribution in [0.4, 0.5) is 0 Å². The number of carbonyl (C=O) groups excluding carboxylic acids is 1. The molecule has 4 nitrogen and oxygen atoms in total. The highest BCUT2D eigenvalue weighted by molar-refractivity contribution is 6.22. The zero-order valence-corrected chi connectivity index (χ0v) is 7.58. The van der Waals surface area contributed by atoms with Crippen LogP contribution in [0.5, 0.6) is 0 Å². The molecule has 0 radical (unpaired) electrons. The summed E-state index contributed by atoms with van der Waals surface area (Å²) < 4.78 is 0. The molecule has 0 aliphatic carbocycles. The van der Waals surface area contributed by atoms with Gasteiger partial charge in [-0.05, 0) is 6.08 Å². The summed E-state index contributed by atoms with van der Waals surface area (Å²) in [6.07, 6.45) is 3.12. The average Bonchev–Trinajstić information content (AvgIpc) is 2.47. The van der Waals surface area contributed by atoms with E-state index in [1.54, 1.807) is 6.08 Å². The smallest absolute Gasteiger partial charge is 0.250 e. The zero-order chi connectivity index (χ0) is 9.84. The number of nitrogens with two attached hydrogens (primary N) is 1. The molecule has 0 aromatic carbocycles. The molecule has 13 heavy (non-hydrogen) atoms. The monoisotopic (exact) mass is 179 g/mol. The van der Waals surface area contributed by atoms with Crippen LogP contribution in [0.3, 0.4) is 0 Å². The SMILES string of the molecule is C=C/C=C(/C(N)=O)C1=NNC[C@H]1C. The van der Waals surface area contributed by atoms with E-state index >= 15 is 0 Å². The Bertz CT molecular complexity index is 291. The first-order valence-electron chi connectivity index (χ1n) is 4.10. The first-order chi connectivity index (χ1) is 6.16. The maximum Gasteiger partial charge on any atom is 0.250 e. The predicted molar refractivity (Wildman–Crippen MR) is 52.1 cm³/mol. The number of hydrogen-bond donors (Lipinski definition) is 2. The third kappa shape index (κ3) is 1.96. The topological polar surface area (TPSA) is 67.5 Å². The highest BCUT2D eigenvalue weighted by Gasteiger charge is 2.22. The number of hydrogen-bond acceptors (Lipinski definition) is 3. The molecule has 0 saturated carbocycles. The van der Waals surface area contributed by atoms with E-state index in [0.717, 1.165) is 6.54 Å².